The largest absolute Gasteiger partial charge is 0.356 e. The Hall–Kier alpha value is -1.77. The summed E-state index contributed by atoms with van der Waals surface area (Å²) >= 11 is 0. The monoisotopic (exact) mass is 297 g/mol. The summed E-state index contributed by atoms with van der Waals surface area (Å²) in [4.78, 5) is 6.63. The van der Waals surface area contributed by atoms with Crippen LogP contribution in [-0.2, 0) is 6.42 Å². The van der Waals surface area contributed by atoms with E-state index in [1.165, 1.54) is 6.42 Å². The zero-order chi connectivity index (χ0) is 15.5. The van der Waals surface area contributed by atoms with Crippen molar-refractivity contribution in [2.45, 2.75) is 25.2 Å². The molecule has 2 aliphatic carbocycles. The molecule has 2 aliphatic rings. The van der Waals surface area contributed by atoms with E-state index in [0.717, 1.165) is 49.6 Å². The molecular formula is C19H27N3. The molecule has 3 unspecified atom stereocenters. The van der Waals surface area contributed by atoms with Crippen LogP contribution in [0.15, 0.2) is 41.9 Å². The number of fused-ring (bicyclic) bond motifs is 3. The van der Waals surface area contributed by atoms with Crippen molar-refractivity contribution in [3.8, 4) is 0 Å². The van der Waals surface area contributed by atoms with Crippen molar-refractivity contribution < 1.29 is 0 Å². The number of unbranched alkanes of at least 4 members (excludes halogenated alkanes) is 1. The molecule has 0 amide bonds. The van der Waals surface area contributed by atoms with E-state index in [1.54, 1.807) is 11.1 Å². The molecule has 0 spiro atoms. The molecule has 3 rings (SSSR count). The van der Waals surface area contributed by atoms with Crippen molar-refractivity contribution in [2.75, 3.05) is 27.2 Å². The van der Waals surface area contributed by atoms with Gasteiger partial charge in [-0.1, -0.05) is 30.3 Å². The Morgan fingerprint density at radius 3 is 3.05 bits per heavy atom. The van der Waals surface area contributed by atoms with Crippen LogP contribution in [0.4, 0.5) is 0 Å². The van der Waals surface area contributed by atoms with Crippen molar-refractivity contribution in [3.63, 3.8) is 0 Å². The Bertz CT molecular complexity index is 564. The van der Waals surface area contributed by atoms with Gasteiger partial charge in [-0.2, -0.15) is 0 Å². The molecule has 1 N–H and O–H groups in total. The normalized spacial score (nSPS) is 25.4. The lowest BCUT2D eigenvalue weighted by Crippen LogP contribution is -2.40. The maximum atomic E-state index is 4.41. The van der Waals surface area contributed by atoms with E-state index < -0.39 is 0 Å². The van der Waals surface area contributed by atoms with Crippen LogP contribution in [-0.4, -0.2) is 38.0 Å². The van der Waals surface area contributed by atoms with Gasteiger partial charge < -0.3 is 10.2 Å². The lowest BCUT2D eigenvalue weighted by Gasteiger charge is -2.22. The summed E-state index contributed by atoms with van der Waals surface area (Å²) in [5.41, 5.74) is 3.16. The van der Waals surface area contributed by atoms with Crippen molar-refractivity contribution in [2.24, 2.45) is 16.8 Å². The van der Waals surface area contributed by atoms with Gasteiger partial charge in [0.2, 0.25) is 0 Å². The fourth-order valence-electron chi connectivity index (χ4n) is 3.93. The molecule has 3 nitrogen and oxygen atoms in total. The highest BCUT2D eigenvalue weighted by Gasteiger charge is 2.54. The third-order valence-corrected chi connectivity index (χ3v) is 5.17. The van der Waals surface area contributed by atoms with Gasteiger partial charge in [-0.25, -0.2) is 0 Å². The Kier molecular flexibility index (Phi) is 4.51. The first-order chi connectivity index (χ1) is 10.8. The SMILES string of the molecule is C=CCCCN(C)C(=NC)NCC1C2Cc3ccccc3C12. The summed E-state index contributed by atoms with van der Waals surface area (Å²) in [5.74, 6) is 3.44. The topological polar surface area (TPSA) is 27.6 Å². The molecule has 0 aliphatic heterocycles. The zero-order valence-corrected chi connectivity index (χ0v) is 13.8. The molecule has 118 valence electrons. The van der Waals surface area contributed by atoms with E-state index in [-0.39, 0.29) is 0 Å². The maximum absolute atomic E-state index is 4.41. The van der Waals surface area contributed by atoms with Gasteiger partial charge in [-0.05, 0) is 48.1 Å². The van der Waals surface area contributed by atoms with E-state index in [1.807, 2.05) is 13.1 Å². The highest BCUT2D eigenvalue weighted by molar-refractivity contribution is 5.79. The summed E-state index contributed by atoms with van der Waals surface area (Å²) in [6, 6.07) is 8.95. The summed E-state index contributed by atoms with van der Waals surface area (Å²) < 4.78 is 0. The minimum absolute atomic E-state index is 0.785. The number of nitrogens with one attached hydrogen (secondary N) is 1. The van der Waals surface area contributed by atoms with Crippen LogP contribution in [0, 0.1) is 11.8 Å². The molecule has 0 aromatic heterocycles. The Balaban J connectivity index is 1.49. The van der Waals surface area contributed by atoms with Crippen LogP contribution in [0.1, 0.15) is 29.9 Å². The second kappa shape index (κ2) is 6.55. The van der Waals surface area contributed by atoms with E-state index in [9.17, 15) is 0 Å². The van der Waals surface area contributed by atoms with Crippen LogP contribution in [0.5, 0.6) is 0 Å². The van der Waals surface area contributed by atoms with Crippen molar-refractivity contribution in [3.05, 3.63) is 48.0 Å². The van der Waals surface area contributed by atoms with Crippen molar-refractivity contribution in [1.82, 2.24) is 10.2 Å². The molecule has 1 aromatic rings. The first-order valence-electron chi connectivity index (χ1n) is 8.36. The second-order valence-corrected chi connectivity index (χ2v) is 6.54. The zero-order valence-electron chi connectivity index (χ0n) is 13.8. The quantitative estimate of drug-likeness (QED) is 0.378. The third kappa shape index (κ3) is 2.90. The van der Waals surface area contributed by atoms with E-state index in [0.29, 0.717) is 0 Å². The molecule has 0 radical (unpaired) electrons. The van der Waals surface area contributed by atoms with Gasteiger partial charge in [0.25, 0.3) is 0 Å². The molecule has 1 fully saturated rings. The highest BCUT2D eigenvalue weighted by Crippen LogP contribution is 2.60. The number of aliphatic imine (C=N–C) groups is 1. The number of allylic oxidation sites excluding steroid dienone is 1. The van der Waals surface area contributed by atoms with Gasteiger partial charge in [-0.15, -0.1) is 6.58 Å². The van der Waals surface area contributed by atoms with Gasteiger partial charge in [0.1, 0.15) is 0 Å². The van der Waals surface area contributed by atoms with E-state index >= 15 is 0 Å². The number of rotatable bonds is 6. The number of benzene rings is 1. The Labute approximate surface area is 134 Å². The molecule has 0 saturated heterocycles. The standard InChI is InChI=1S/C19H27N3/c1-4-5-8-11-22(3)19(20-2)21-13-17-16-12-14-9-6-7-10-15(14)18(16)17/h4,6-7,9-10,16-18H,1,5,8,11-13H2,2-3H3,(H,20,21). The summed E-state index contributed by atoms with van der Waals surface area (Å²) in [7, 11) is 3.98. The van der Waals surface area contributed by atoms with Gasteiger partial charge in [-0.3, -0.25) is 4.99 Å². The molecule has 0 heterocycles. The average molecular weight is 297 g/mol. The predicted octanol–water partition coefficient (Wildman–Crippen LogP) is 3.05. The third-order valence-electron chi connectivity index (χ3n) is 5.17. The number of nitrogens with zero attached hydrogens (tertiary/aromatic N) is 2. The van der Waals surface area contributed by atoms with Crippen LogP contribution in [0.3, 0.4) is 0 Å². The fourth-order valence-corrected chi connectivity index (χ4v) is 3.93. The lowest BCUT2D eigenvalue weighted by molar-refractivity contribution is 0.466. The number of hydrogen-bond donors (Lipinski definition) is 1. The Morgan fingerprint density at radius 2 is 2.27 bits per heavy atom. The molecule has 3 heteroatoms. The minimum Gasteiger partial charge on any atom is -0.356 e. The van der Waals surface area contributed by atoms with E-state index in [2.05, 4.69) is 53.1 Å². The summed E-state index contributed by atoms with van der Waals surface area (Å²) in [6.45, 7) is 5.84. The van der Waals surface area contributed by atoms with Crippen LogP contribution >= 0.6 is 0 Å². The number of guanidine groups is 1. The summed E-state index contributed by atoms with van der Waals surface area (Å²) in [5, 5.41) is 3.57. The lowest BCUT2D eigenvalue weighted by atomic mass is 10.0. The fraction of sp³-hybridized carbons (Fsp3) is 0.526. The molecule has 3 atom stereocenters. The maximum Gasteiger partial charge on any atom is 0.193 e. The minimum atomic E-state index is 0.785. The van der Waals surface area contributed by atoms with Crippen molar-refractivity contribution >= 4 is 5.96 Å². The molecular weight excluding hydrogens is 270 g/mol. The number of hydrogen-bond acceptors (Lipinski definition) is 1. The van der Waals surface area contributed by atoms with Crippen LogP contribution < -0.4 is 5.32 Å². The summed E-state index contributed by atoms with van der Waals surface area (Å²) in [6.07, 6.45) is 5.43. The molecule has 1 saturated carbocycles. The van der Waals surface area contributed by atoms with Gasteiger partial charge in [0.05, 0.1) is 0 Å². The average Bonchev–Trinajstić information content (AvgIpc) is 3.06. The second-order valence-electron chi connectivity index (χ2n) is 6.54. The molecule has 1 aromatic carbocycles. The van der Waals surface area contributed by atoms with Gasteiger partial charge in [0.15, 0.2) is 5.96 Å². The highest BCUT2D eigenvalue weighted by atomic mass is 15.3. The predicted molar refractivity (Wildman–Crippen MR) is 93.3 cm³/mol. The first-order valence-corrected chi connectivity index (χ1v) is 8.36. The van der Waals surface area contributed by atoms with Gasteiger partial charge >= 0.3 is 0 Å². The first kappa shape index (κ1) is 15.1. The van der Waals surface area contributed by atoms with Crippen molar-refractivity contribution in [1.29, 1.82) is 0 Å². The Morgan fingerprint density at radius 1 is 1.45 bits per heavy atom. The van der Waals surface area contributed by atoms with Crippen LogP contribution in [0.2, 0.25) is 0 Å². The van der Waals surface area contributed by atoms with Gasteiger partial charge in [0, 0.05) is 27.2 Å². The molecule has 0 bridgehead atoms. The smallest absolute Gasteiger partial charge is 0.193 e. The van der Waals surface area contributed by atoms with Crippen LogP contribution in [0.25, 0.3) is 0 Å². The van der Waals surface area contributed by atoms with E-state index in [4.69, 9.17) is 0 Å². The molecule has 22 heavy (non-hydrogen) atoms.